The van der Waals surface area contributed by atoms with Crippen molar-refractivity contribution >= 4 is 30.4 Å². The average Bonchev–Trinajstić information content (AvgIpc) is 2.22. The molecular weight excluding hydrogens is 312 g/mol. The molecule has 0 N–H and O–H groups in total. The highest BCUT2D eigenvalue weighted by molar-refractivity contribution is 6.94. The third-order valence-electron chi connectivity index (χ3n) is 2.81. The van der Waals surface area contributed by atoms with Gasteiger partial charge in [0.1, 0.15) is 5.75 Å². The highest BCUT2D eigenvalue weighted by atomic mass is 28.5. The molecule has 21 heavy (non-hydrogen) atoms. The zero-order valence-corrected chi connectivity index (χ0v) is 18.0. The maximum atomic E-state index is 6.58. The Morgan fingerprint density at radius 2 is 1.24 bits per heavy atom. The van der Waals surface area contributed by atoms with Gasteiger partial charge in [-0.1, -0.05) is 6.07 Å². The maximum absolute atomic E-state index is 6.58. The molecule has 0 fully saturated rings. The third-order valence-corrected chi connectivity index (χ3v) is 12.2. The van der Waals surface area contributed by atoms with Crippen LogP contribution in [-0.2, 0) is 8.23 Å². The van der Waals surface area contributed by atoms with Gasteiger partial charge in [0.15, 0.2) is 16.6 Å². The zero-order valence-electron chi connectivity index (χ0n) is 15.0. The second-order valence-corrected chi connectivity index (χ2v) is 20.2. The number of ether oxygens (including phenoxy) is 1. The van der Waals surface area contributed by atoms with E-state index in [-0.39, 0.29) is 0 Å². The van der Waals surface area contributed by atoms with Crippen LogP contribution in [0.3, 0.4) is 0 Å². The predicted octanol–water partition coefficient (Wildman–Crippen LogP) is 3.99. The molecule has 1 rings (SSSR count). The van der Waals surface area contributed by atoms with Crippen LogP contribution in [0.5, 0.6) is 5.75 Å². The van der Waals surface area contributed by atoms with Gasteiger partial charge in [-0.05, 0) is 75.6 Å². The number of methoxy groups -OCH3 is 1. The lowest BCUT2D eigenvalue weighted by atomic mass is 10.2. The highest BCUT2D eigenvalue weighted by Gasteiger charge is 2.42. The lowest BCUT2D eigenvalue weighted by molar-refractivity contribution is 0.401. The van der Waals surface area contributed by atoms with E-state index in [0.29, 0.717) is 0 Å². The average molecular weight is 343 g/mol. The van der Waals surface area contributed by atoms with Crippen LogP contribution < -0.4 is 9.92 Å². The molecule has 0 aromatic heterocycles. The fraction of sp³-hybridized carbons (Fsp3) is 0.600. The van der Waals surface area contributed by atoms with Crippen LogP contribution in [0.2, 0.25) is 45.8 Å². The van der Waals surface area contributed by atoms with Gasteiger partial charge >= 0.3 is 8.56 Å². The van der Waals surface area contributed by atoms with Gasteiger partial charge in [0, 0.05) is 0 Å². The largest absolute Gasteiger partial charge is 0.497 e. The quantitative estimate of drug-likeness (QED) is 0.732. The predicted molar refractivity (Wildman–Crippen MR) is 97.8 cm³/mol. The first-order valence-electron chi connectivity index (χ1n) is 7.41. The van der Waals surface area contributed by atoms with Crippen LogP contribution >= 0.6 is 0 Å². The van der Waals surface area contributed by atoms with Gasteiger partial charge in [0.2, 0.25) is 0 Å². The minimum Gasteiger partial charge on any atom is -0.497 e. The van der Waals surface area contributed by atoms with Gasteiger partial charge in [-0.3, -0.25) is 0 Å². The van der Waals surface area contributed by atoms with E-state index >= 15 is 0 Å². The highest BCUT2D eigenvalue weighted by Crippen LogP contribution is 2.23. The van der Waals surface area contributed by atoms with Crippen LogP contribution in [0, 0.1) is 6.92 Å². The molecule has 0 atom stereocenters. The van der Waals surface area contributed by atoms with Crippen molar-refractivity contribution in [3.8, 4) is 5.75 Å². The molecule has 0 aliphatic carbocycles. The normalized spacial score (nSPS) is 13.4. The van der Waals surface area contributed by atoms with Crippen molar-refractivity contribution in [2.45, 2.75) is 52.8 Å². The molecule has 0 saturated heterocycles. The van der Waals surface area contributed by atoms with E-state index < -0.39 is 25.2 Å². The number of rotatable bonds is 6. The van der Waals surface area contributed by atoms with Crippen molar-refractivity contribution in [1.29, 1.82) is 0 Å². The summed E-state index contributed by atoms with van der Waals surface area (Å²) in [4.78, 5) is 0. The molecular formula is C15H30O3Si3. The molecule has 0 aliphatic rings. The van der Waals surface area contributed by atoms with Crippen LogP contribution in [0.15, 0.2) is 18.2 Å². The molecule has 120 valence electrons. The SMILES string of the molecule is COc1cc(C)cc([Si](C)(O[Si](C)(C)C)O[Si](C)(C)C)c1. The molecule has 1 aromatic carbocycles. The van der Waals surface area contributed by atoms with E-state index in [1.54, 1.807) is 7.11 Å². The zero-order chi connectivity index (χ0) is 16.5. The summed E-state index contributed by atoms with van der Waals surface area (Å²) in [5.74, 6) is 0.877. The Hall–Kier alpha value is -0.409. The lowest BCUT2D eigenvalue weighted by Crippen LogP contribution is -2.60. The first kappa shape index (κ1) is 18.6. The number of aryl methyl sites for hydroxylation is 1. The van der Waals surface area contributed by atoms with Gasteiger partial charge in [-0.2, -0.15) is 0 Å². The van der Waals surface area contributed by atoms with E-state index in [4.69, 9.17) is 13.0 Å². The Balaban J connectivity index is 3.32. The standard InChI is InChI=1S/C15H30O3Si3/c1-13-10-14(16-2)12-15(11-13)21(9,17-19(3,4)5)18-20(6,7)8/h10-12H,1-9H3. The molecule has 1 aromatic rings. The Kier molecular flexibility index (Phi) is 5.66. The van der Waals surface area contributed by atoms with Crippen LogP contribution in [-0.4, -0.2) is 32.3 Å². The van der Waals surface area contributed by atoms with Crippen LogP contribution in [0.1, 0.15) is 5.56 Å². The van der Waals surface area contributed by atoms with Crippen molar-refractivity contribution < 1.29 is 13.0 Å². The molecule has 6 heteroatoms. The summed E-state index contributed by atoms with van der Waals surface area (Å²) in [6.07, 6.45) is 0. The molecule has 0 heterocycles. The van der Waals surface area contributed by atoms with E-state index in [9.17, 15) is 0 Å². The van der Waals surface area contributed by atoms with E-state index in [2.05, 4.69) is 64.9 Å². The van der Waals surface area contributed by atoms with E-state index in [1.165, 1.54) is 10.8 Å². The minimum absolute atomic E-state index is 0.877. The molecule has 0 aliphatic heterocycles. The lowest BCUT2D eigenvalue weighted by Gasteiger charge is -2.38. The molecule has 3 nitrogen and oxygen atoms in total. The summed E-state index contributed by atoms with van der Waals surface area (Å²) >= 11 is 0. The Morgan fingerprint density at radius 1 is 0.762 bits per heavy atom. The van der Waals surface area contributed by atoms with Gasteiger partial charge in [-0.25, -0.2) is 0 Å². The summed E-state index contributed by atoms with van der Waals surface area (Å²) in [6, 6.07) is 6.32. The molecule has 0 spiro atoms. The van der Waals surface area contributed by atoms with E-state index in [0.717, 1.165) is 5.75 Å². The van der Waals surface area contributed by atoms with Crippen molar-refractivity contribution in [2.75, 3.05) is 7.11 Å². The van der Waals surface area contributed by atoms with Gasteiger partial charge in [0.05, 0.1) is 7.11 Å². The first-order valence-corrected chi connectivity index (χ1v) is 16.5. The Labute approximate surface area is 133 Å². The number of benzene rings is 1. The summed E-state index contributed by atoms with van der Waals surface area (Å²) in [5.41, 5.74) is 1.18. The van der Waals surface area contributed by atoms with Crippen molar-refractivity contribution in [3.63, 3.8) is 0 Å². The second-order valence-electron chi connectivity index (χ2n) is 7.61. The summed E-state index contributed by atoms with van der Waals surface area (Å²) < 4.78 is 18.6. The number of hydrogen-bond donors (Lipinski definition) is 0. The van der Waals surface area contributed by atoms with Gasteiger partial charge < -0.3 is 13.0 Å². The van der Waals surface area contributed by atoms with Crippen LogP contribution in [0.25, 0.3) is 0 Å². The fourth-order valence-electron chi connectivity index (χ4n) is 2.44. The van der Waals surface area contributed by atoms with Gasteiger partial charge in [-0.15, -0.1) is 0 Å². The maximum Gasteiger partial charge on any atom is 0.348 e. The van der Waals surface area contributed by atoms with E-state index in [1.807, 2.05) is 6.07 Å². The molecule has 0 saturated carbocycles. The van der Waals surface area contributed by atoms with Crippen molar-refractivity contribution in [3.05, 3.63) is 23.8 Å². The van der Waals surface area contributed by atoms with Crippen LogP contribution in [0.4, 0.5) is 0 Å². The minimum atomic E-state index is -2.43. The summed E-state index contributed by atoms with van der Waals surface area (Å²) in [6.45, 7) is 17.6. The molecule has 0 radical (unpaired) electrons. The third kappa shape index (κ3) is 6.07. The Morgan fingerprint density at radius 3 is 1.62 bits per heavy atom. The monoisotopic (exact) mass is 342 g/mol. The summed E-state index contributed by atoms with van der Waals surface area (Å²) in [5, 5.41) is 1.17. The molecule has 0 unspecified atom stereocenters. The molecule has 0 bridgehead atoms. The topological polar surface area (TPSA) is 27.7 Å². The summed E-state index contributed by atoms with van der Waals surface area (Å²) in [7, 11) is -4.13. The van der Waals surface area contributed by atoms with Gasteiger partial charge in [0.25, 0.3) is 0 Å². The fourth-order valence-corrected chi connectivity index (χ4v) is 14.2. The second kappa shape index (κ2) is 6.37. The Bertz CT molecular complexity index is 474. The smallest absolute Gasteiger partial charge is 0.348 e. The van der Waals surface area contributed by atoms with Crippen molar-refractivity contribution in [1.82, 2.24) is 0 Å². The molecule has 0 amide bonds. The van der Waals surface area contributed by atoms with Crippen molar-refractivity contribution in [2.24, 2.45) is 0 Å². The first-order chi connectivity index (χ1) is 9.35. The number of hydrogen-bond acceptors (Lipinski definition) is 3.